The van der Waals surface area contributed by atoms with Gasteiger partial charge in [0.05, 0.1) is 0 Å². The second-order valence-corrected chi connectivity index (χ2v) is 6.27. The molecule has 1 atom stereocenters. The van der Waals surface area contributed by atoms with Crippen molar-refractivity contribution in [3.63, 3.8) is 0 Å². The molecule has 1 N–H and O–H groups in total. The highest BCUT2D eigenvalue weighted by Gasteiger charge is 2.23. The van der Waals surface area contributed by atoms with Gasteiger partial charge in [-0.3, -0.25) is 4.90 Å². The number of nitrogens with one attached hydrogen (secondary N) is 1. The summed E-state index contributed by atoms with van der Waals surface area (Å²) in [5.74, 6) is 0.854. The Labute approximate surface area is 117 Å². The average molecular weight is 258 g/mol. The van der Waals surface area contributed by atoms with Gasteiger partial charge in [-0.15, -0.1) is 0 Å². The van der Waals surface area contributed by atoms with Crippen LogP contribution in [0.25, 0.3) is 0 Å². The smallest absolute Gasteiger partial charge is 0.0233 e. The van der Waals surface area contributed by atoms with E-state index in [0.717, 1.165) is 18.5 Å². The van der Waals surface area contributed by atoms with Crippen molar-refractivity contribution >= 4 is 0 Å². The van der Waals surface area contributed by atoms with E-state index in [2.05, 4.69) is 40.5 Å². The first-order valence-corrected chi connectivity index (χ1v) is 7.90. The van der Waals surface area contributed by atoms with Crippen molar-refractivity contribution in [2.24, 2.45) is 5.92 Å². The van der Waals surface area contributed by atoms with Crippen molar-refractivity contribution < 1.29 is 0 Å². The highest BCUT2D eigenvalue weighted by atomic mass is 15.1. The Balaban J connectivity index is 1.51. The van der Waals surface area contributed by atoms with Crippen LogP contribution in [0.5, 0.6) is 0 Å². The highest BCUT2D eigenvalue weighted by Crippen LogP contribution is 2.22. The predicted octanol–water partition coefficient (Wildman–Crippen LogP) is 3.04. The van der Waals surface area contributed by atoms with E-state index < -0.39 is 0 Å². The largest absolute Gasteiger partial charge is 0.314 e. The molecule has 2 heteroatoms. The van der Waals surface area contributed by atoms with E-state index in [1.807, 2.05) is 0 Å². The minimum Gasteiger partial charge on any atom is -0.314 e. The van der Waals surface area contributed by atoms with Crippen molar-refractivity contribution in [1.82, 2.24) is 10.2 Å². The lowest BCUT2D eigenvalue weighted by molar-refractivity contribution is 0.237. The molecule has 1 saturated carbocycles. The highest BCUT2D eigenvalue weighted by molar-refractivity contribution is 5.14. The van der Waals surface area contributed by atoms with Crippen LogP contribution in [0.1, 0.15) is 37.7 Å². The number of rotatable bonds is 5. The molecule has 2 fully saturated rings. The van der Waals surface area contributed by atoms with E-state index in [9.17, 15) is 0 Å². The van der Waals surface area contributed by atoms with E-state index in [4.69, 9.17) is 0 Å². The van der Waals surface area contributed by atoms with Crippen molar-refractivity contribution in [3.05, 3.63) is 35.9 Å². The van der Waals surface area contributed by atoms with Gasteiger partial charge in [0, 0.05) is 19.1 Å². The molecule has 0 spiro atoms. The Bertz CT molecular complexity index is 372. The molecule has 3 rings (SSSR count). The van der Waals surface area contributed by atoms with Gasteiger partial charge in [0.1, 0.15) is 0 Å². The zero-order chi connectivity index (χ0) is 12.9. The zero-order valence-electron chi connectivity index (χ0n) is 11.9. The summed E-state index contributed by atoms with van der Waals surface area (Å²) in [6, 6.07) is 11.8. The van der Waals surface area contributed by atoms with Gasteiger partial charge < -0.3 is 5.32 Å². The van der Waals surface area contributed by atoms with E-state index in [-0.39, 0.29) is 0 Å². The van der Waals surface area contributed by atoms with Crippen LogP contribution < -0.4 is 5.32 Å². The van der Waals surface area contributed by atoms with Crippen LogP contribution in [-0.4, -0.2) is 30.6 Å². The van der Waals surface area contributed by atoms with Gasteiger partial charge >= 0.3 is 0 Å². The molecular formula is C17H26N2. The maximum absolute atomic E-state index is 3.71. The SMILES string of the molecule is c1ccc(CN2CCCCC(CNC3CC3)C2)cc1. The van der Waals surface area contributed by atoms with E-state index >= 15 is 0 Å². The molecule has 104 valence electrons. The summed E-state index contributed by atoms with van der Waals surface area (Å²) in [7, 11) is 0. The van der Waals surface area contributed by atoms with E-state index in [1.54, 1.807) is 0 Å². The third kappa shape index (κ3) is 4.32. The standard InChI is InChI=1S/C17H26N2/c1-2-6-15(7-3-1)13-19-11-5-4-8-16(14-19)12-18-17-9-10-17/h1-3,6-7,16-18H,4-5,8-14H2. The second kappa shape index (κ2) is 6.53. The minimum atomic E-state index is 0.853. The molecule has 0 bridgehead atoms. The molecule has 1 aromatic carbocycles. The van der Waals surface area contributed by atoms with Gasteiger partial charge in [-0.2, -0.15) is 0 Å². The molecule has 1 aliphatic heterocycles. The van der Waals surface area contributed by atoms with Gasteiger partial charge in [0.15, 0.2) is 0 Å². The maximum atomic E-state index is 3.71. The Morgan fingerprint density at radius 3 is 2.68 bits per heavy atom. The summed E-state index contributed by atoms with van der Waals surface area (Å²) in [5, 5.41) is 3.71. The Kier molecular flexibility index (Phi) is 4.52. The van der Waals surface area contributed by atoms with Gasteiger partial charge in [-0.05, 0) is 50.3 Å². The first-order valence-electron chi connectivity index (χ1n) is 7.90. The van der Waals surface area contributed by atoms with Crippen LogP contribution in [0.3, 0.4) is 0 Å². The predicted molar refractivity (Wildman–Crippen MR) is 80.1 cm³/mol. The van der Waals surface area contributed by atoms with Crippen LogP contribution in [0, 0.1) is 5.92 Å². The number of hydrogen-bond donors (Lipinski definition) is 1. The molecule has 1 unspecified atom stereocenters. The van der Waals surface area contributed by atoms with Crippen LogP contribution in [-0.2, 0) is 6.54 Å². The molecule has 2 aliphatic rings. The first kappa shape index (κ1) is 13.1. The number of likely N-dealkylation sites (tertiary alicyclic amines) is 1. The third-order valence-corrected chi connectivity index (χ3v) is 4.37. The summed E-state index contributed by atoms with van der Waals surface area (Å²) in [6.07, 6.45) is 6.99. The first-order chi connectivity index (χ1) is 9.40. The molecule has 2 nitrogen and oxygen atoms in total. The van der Waals surface area contributed by atoms with Crippen molar-refractivity contribution in [2.45, 2.75) is 44.7 Å². The minimum absolute atomic E-state index is 0.853. The zero-order valence-corrected chi connectivity index (χ0v) is 11.9. The van der Waals surface area contributed by atoms with Gasteiger partial charge in [0.2, 0.25) is 0 Å². The van der Waals surface area contributed by atoms with E-state index in [0.29, 0.717) is 0 Å². The molecule has 1 saturated heterocycles. The quantitative estimate of drug-likeness (QED) is 0.873. The van der Waals surface area contributed by atoms with Gasteiger partial charge in [-0.1, -0.05) is 36.8 Å². The lowest BCUT2D eigenvalue weighted by Gasteiger charge is -2.24. The lowest BCUT2D eigenvalue weighted by atomic mass is 10.0. The molecule has 1 aromatic rings. The van der Waals surface area contributed by atoms with Crippen LogP contribution in [0.15, 0.2) is 30.3 Å². The van der Waals surface area contributed by atoms with Gasteiger partial charge in [0.25, 0.3) is 0 Å². The third-order valence-electron chi connectivity index (χ3n) is 4.37. The molecule has 0 aromatic heterocycles. The summed E-state index contributed by atoms with van der Waals surface area (Å²) < 4.78 is 0. The molecule has 0 radical (unpaired) electrons. The number of nitrogens with zero attached hydrogens (tertiary/aromatic N) is 1. The fraction of sp³-hybridized carbons (Fsp3) is 0.647. The normalized spacial score (nSPS) is 25.2. The van der Waals surface area contributed by atoms with E-state index in [1.165, 1.54) is 57.3 Å². The monoisotopic (exact) mass is 258 g/mol. The number of hydrogen-bond acceptors (Lipinski definition) is 2. The lowest BCUT2D eigenvalue weighted by Crippen LogP contribution is -2.33. The summed E-state index contributed by atoms with van der Waals surface area (Å²) in [4.78, 5) is 2.65. The molecule has 0 amide bonds. The Morgan fingerprint density at radius 2 is 1.89 bits per heavy atom. The number of benzene rings is 1. The molecular weight excluding hydrogens is 232 g/mol. The molecule has 19 heavy (non-hydrogen) atoms. The topological polar surface area (TPSA) is 15.3 Å². The molecule has 1 aliphatic carbocycles. The summed E-state index contributed by atoms with van der Waals surface area (Å²) in [5.41, 5.74) is 1.46. The van der Waals surface area contributed by atoms with Gasteiger partial charge in [-0.25, -0.2) is 0 Å². The fourth-order valence-electron chi connectivity index (χ4n) is 3.09. The average Bonchev–Trinajstić information content (AvgIpc) is 3.25. The van der Waals surface area contributed by atoms with Crippen LogP contribution in [0.2, 0.25) is 0 Å². The second-order valence-electron chi connectivity index (χ2n) is 6.27. The fourth-order valence-corrected chi connectivity index (χ4v) is 3.09. The Hall–Kier alpha value is -0.860. The summed E-state index contributed by atoms with van der Waals surface area (Å²) in [6.45, 7) is 4.90. The van der Waals surface area contributed by atoms with Crippen molar-refractivity contribution in [1.29, 1.82) is 0 Å². The van der Waals surface area contributed by atoms with Crippen LogP contribution >= 0.6 is 0 Å². The van der Waals surface area contributed by atoms with Crippen LogP contribution in [0.4, 0.5) is 0 Å². The Morgan fingerprint density at radius 1 is 1.05 bits per heavy atom. The maximum Gasteiger partial charge on any atom is 0.0233 e. The van der Waals surface area contributed by atoms with Crippen molar-refractivity contribution in [3.8, 4) is 0 Å². The van der Waals surface area contributed by atoms with Crippen molar-refractivity contribution in [2.75, 3.05) is 19.6 Å². The molecule has 1 heterocycles. The summed E-state index contributed by atoms with van der Waals surface area (Å²) >= 11 is 0.